The van der Waals surface area contributed by atoms with Gasteiger partial charge in [0.2, 0.25) is 0 Å². The van der Waals surface area contributed by atoms with E-state index in [1.165, 1.54) is 0 Å². The van der Waals surface area contributed by atoms with Crippen LogP contribution >= 0.6 is 0 Å². The number of Topliss-reactive ketones (excluding diaryl/α,β-unsaturated/α-hetero) is 1. The number of H-pyrrole nitrogens is 1. The molecule has 1 aliphatic heterocycles. The minimum Gasteiger partial charge on any atom is -0.503 e. The van der Waals surface area contributed by atoms with Crippen LogP contribution in [0.1, 0.15) is 38.8 Å². The molecule has 0 saturated carbocycles. The monoisotopic (exact) mass is 370 g/mol. The zero-order valence-corrected chi connectivity index (χ0v) is 16.2. The normalized spacial score (nSPS) is 18.0. The fourth-order valence-electron chi connectivity index (χ4n) is 3.54. The summed E-state index contributed by atoms with van der Waals surface area (Å²) >= 11 is 0. The number of hydrogen-bond acceptors (Lipinski definition) is 4. The maximum absolute atomic E-state index is 13.1. The van der Waals surface area contributed by atoms with Crippen LogP contribution in [0.4, 0.5) is 0 Å². The van der Waals surface area contributed by atoms with Gasteiger partial charge in [-0.1, -0.05) is 39.0 Å². The molecule has 2 heterocycles. The second kappa shape index (κ2) is 7.19. The number of benzene rings is 1. The molecule has 1 aliphatic rings. The first kappa shape index (κ1) is 19.2. The van der Waals surface area contributed by atoms with E-state index >= 15 is 0 Å². The molecule has 0 aliphatic carbocycles. The molecule has 0 spiro atoms. The summed E-state index contributed by atoms with van der Waals surface area (Å²) in [5.74, 6) is -1.17. The number of ketones is 1. The van der Waals surface area contributed by atoms with Crippen LogP contribution in [0.25, 0.3) is 10.9 Å². The Labute approximate surface area is 158 Å². The number of carbonyl (C=O) groups excluding carboxylic acids is 2. The van der Waals surface area contributed by atoms with Crippen LogP contribution in [0.2, 0.25) is 0 Å². The highest BCUT2D eigenvalue weighted by Crippen LogP contribution is 2.43. The van der Waals surface area contributed by atoms with Gasteiger partial charge in [0.05, 0.1) is 11.6 Å². The lowest BCUT2D eigenvalue weighted by Crippen LogP contribution is -2.34. The van der Waals surface area contributed by atoms with Gasteiger partial charge in [-0.3, -0.25) is 9.59 Å². The van der Waals surface area contributed by atoms with Gasteiger partial charge in [-0.25, -0.2) is 0 Å². The Morgan fingerprint density at radius 3 is 2.67 bits per heavy atom. The van der Waals surface area contributed by atoms with Crippen molar-refractivity contribution >= 4 is 22.6 Å². The second-order valence-electron chi connectivity index (χ2n) is 7.88. The molecule has 6 heteroatoms. The molecular formula is C21H26N2O4. The van der Waals surface area contributed by atoms with Crippen LogP contribution < -0.4 is 0 Å². The van der Waals surface area contributed by atoms with Gasteiger partial charge in [-0.15, -0.1) is 0 Å². The van der Waals surface area contributed by atoms with Gasteiger partial charge in [0.25, 0.3) is 5.91 Å². The van der Waals surface area contributed by atoms with Crippen LogP contribution in [0.5, 0.6) is 0 Å². The van der Waals surface area contributed by atoms with E-state index in [2.05, 4.69) is 4.98 Å². The number of aromatic nitrogens is 1. The lowest BCUT2D eigenvalue weighted by Gasteiger charge is -2.28. The van der Waals surface area contributed by atoms with E-state index in [9.17, 15) is 14.7 Å². The first-order valence-electron chi connectivity index (χ1n) is 9.11. The molecule has 0 radical (unpaired) electrons. The minimum atomic E-state index is -0.712. The van der Waals surface area contributed by atoms with Crippen molar-refractivity contribution in [2.24, 2.45) is 5.41 Å². The predicted octanol–water partition coefficient (Wildman–Crippen LogP) is 3.52. The highest BCUT2D eigenvalue weighted by atomic mass is 16.5. The summed E-state index contributed by atoms with van der Waals surface area (Å²) in [5, 5.41) is 11.5. The third-order valence-electron chi connectivity index (χ3n) is 4.89. The predicted molar refractivity (Wildman–Crippen MR) is 103 cm³/mol. The Kier molecular flexibility index (Phi) is 5.11. The first-order chi connectivity index (χ1) is 12.8. The van der Waals surface area contributed by atoms with E-state index in [0.29, 0.717) is 19.6 Å². The Morgan fingerprint density at radius 2 is 2.00 bits per heavy atom. The van der Waals surface area contributed by atoms with Crippen molar-refractivity contribution < 1.29 is 19.4 Å². The van der Waals surface area contributed by atoms with Crippen molar-refractivity contribution in [1.29, 1.82) is 0 Å². The highest BCUT2D eigenvalue weighted by Gasteiger charge is 2.46. The van der Waals surface area contributed by atoms with Crippen molar-refractivity contribution in [2.75, 3.05) is 20.3 Å². The fourth-order valence-corrected chi connectivity index (χ4v) is 3.54. The molecule has 1 amide bonds. The Hall–Kier alpha value is -2.60. The summed E-state index contributed by atoms with van der Waals surface area (Å²) in [4.78, 5) is 30.7. The largest absolute Gasteiger partial charge is 0.503 e. The number of para-hydroxylation sites is 1. The number of aliphatic hydroxyl groups is 1. The van der Waals surface area contributed by atoms with Gasteiger partial charge >= 0.3 is 0 Å². The summed E-state index contributed by atoms with van der Waals surface area (Å²) in [6.45, 7) is 6.26. The molecule has 27 heavy (non-hydrogen) atoms. The van der Waals surface area contributed by atoms with Gasteiger partial charge in [-0.05, 0) is 12.5 Å². The molecule has 1 aromatic carbocycles. The number of nitrogens with zero attached hydrogens (tertiary/aromatic N) is 1. The average molecular weight is 370 g/mol. The summed E-state index contributed by atoms with van der Waals surface area (Å²) in [5.41, 5.74) is 1.20. The Bertz CT molecular complexity index is 904. The summed E-state index contributed by atoms with van der Waals surface area (Å²) in [7, 11) is 1.60. The van der Waals surface area contributed by atoms with E-state index in [0.717, 1.165) is 16.5 Å². The first-order valence-corrected chi connectivity index (χ1v) is 9.11. The minimum absolute atomic E-state index is 0.176. The molecule has 0 saturated heterocycles. The second-order valence-corrected chi connectivity index (χ2v) is 7.88. The topological polar surface area (TPSA) is 82.6 Å². The smallest absolute Gasteiger partial charge is 0.290 e. The van der Waals surface area contributed by atoms with Crippen molar-refractivity contribution in [2.45, 2.75) is 33.2 Å². The number of aromatic amines is 1. The molecule has 1 atom stereocenters. The maximum atomic E-state index is 13.1. The molecule has 3 rings (SSSR count). The van der Waals surface area contributed by atoms with Crippen molar-refractivity contribution in [3.05, 3.63) is 47.4 Å². The van der Waals surface area contributed by atoms with Crippen molar-refractivity contribution in [1.82, 2.24) is 9.88 Å². The zero-order valence-electron chi connectivity index (χ0n) is 16.2. The SMILES string of the molecule is COCCCN1C(=O)C(O)=C(C(=O)C(C)(C)C)C1c1c[nH]c2ccccc12. The van der Waals surface area contributed by atoms with Crippen LogP contribution in [0.3, 0.4) is 0 Å². The van der Waals surface area contributed by atoms with Gasteiger partial charge < -0.3 is 19.7 Å². The number of rotatable bonds is 6. The van der Waals surface area contributed by atoms with Crippen molar-refractivity contribution in [3.8, 4) is 0 Å². The van der Waals surface area contributed by atoms with E-state index in [1.54, 1.807) is 32.8 Å². The molecule has 2 aromatic rings. The van der Waals surface area contributed by atoms with Crippen molar-refractivity contribution in [3.63, 3.8) is 0 Å². The molecule has 1 aromatic heterocycles. The molecule has 6 nitrogen and oxygen atoms in total. The number of aliphatic hydroxyl groups excluding tert-OH is 1. The number of methoxy groups -OCH3 is 1. The molecule has 0 bridgehead atoms. The summed E-state index contributed by atoms with van der Waals surface area (Å²) in [6, 6.07) is 7.12. The van der Waals surface area contributed by atoms with Gasteiger partial charge in [-0.2, -0.15) is 0 Å². The molecule has 144 valence electrons. The number of nitrogens with one attached hydrogen (secondary N) is 1. The number of hydrogen-bond donors (Lipinski definition) is 2. The molecular weight excluding hydrogens is 344 g/mol. The third kappa shape index (κ3) is 3.37. The van der Waals surface area contributed by atoms with E-state index in [-0.39, 0.29) is 11.4 Å². The number of carbonyl (C=O) groups is 2. The average Bonchev–Trinajstić information content (AvgIpc) is 3.14. The van der Waals surface area contributed by atoms with Crippen LogP contribution in [-0.2, 0) is 14.3 Å². The Balaban J connectivity index is 2.12. The lowest BCUT2D eigenvalue weighted by atomic mass is 9.82. The third-order valence-corrected chi connectivity index (χ3v) is 4.89. The van der Waals surface area contributed by atoms with E-state index in [1.807, 2.05) is 30.5 Å². The van der Waals surface area contributed by atoms with Gasteiger partial charge in [0.1, 0.15) is 0 Å². The fraction of sp³-hybridized carbons (Fsp3) is 0.429. The van der Waals surface area contributed by atoms with Gasteiger partial charge in [0.15, 0.2) is 11.5 Å². The number of ether oxygens (including phenoxy) is 1. The summed E-state index contributed by atoms with van der Waals surface area (Å²) in [6.07, 6.45) is 2.44. The quantitative estimate of drug-likeness (QED) is 0.762. The standard InChI is InChI=1S/C21H26N2O4/c1-21(2,3)19(25)16-17(14-12-22-15-9-6-5-8-13(14)15)23(10-7-11-27-4)20(26)18(16)24/h5-6,8-9,12,17,22,24H,7,10-11H2,1-4H3. The number of amides is 1. The highest BCUT2D eigenvalue weighted by molar-refractivity contribution is 6.11. The van der Waals surface area contributed by atoms with E-state index < -0.39 is 23.1 Å². The van der Waals surface area contributed by atoms with Crippen LogP contribution in [0, 0.1) is 5.41 Å². The molecule has 2 N–H and O–H groups in total. The molecule has 1 unspecified atom stereocenters. The van der Waals surface area contributed by atoms with Gasteiger partial charge in [0, 0.05) is 48.3 Å². The zero-order chi connectivity index (χ0) is 19.8. The maximum Gasteiger partial charge on any atom is 0.290 e. The summed E-state index contributed by atoms with van der Waals surface area (Å²) < 4.78 is 5.10. The Morgan fingerprint density at radius 1 is 1.30 bits per heavy atom. The van der Waals surface area contributed by atoms with E-state index in [4.69, 9.17) is 4.74 Å². The lowest BCUT2D eigenvalue weighted by molar-refractivity contribution is -0.129. The molecule has 0 fully saturated rings. The number of fused-ring (bicyclic) bond motifs is 1. The van der Waals surface area contributed by atoms with Crippen LogP contribution in [0.15, 0.2) is 41.8 Å². The van der Waals surface area contributed by atoms with Crippen LogP contribution in [-0.4, -0.2) is 46.9 Å².